The monoisotopic (exact) mass is 498 g/mol. The Bertz CT molecular complexity index is 1210. The molecule has 1 saturated heterocycles. The van der Waals surface area contributed by atoms with Gasteiger partial charge in [-0.2, -0.15) is 0 Å². The van der Waals surface area contributed by atoms with E-state index in [1.165, 1.54) is 52.0 Å². The minimum Gasteiger partial charge on any atom is -0.508 e. The van der Waals surface area contributed by atoms with Gasteiger partial charge in [-0.3, -0.25) is 9.59 Å². The fourth-order valence-corrected chi connectivity index (χ4v) is 5.77. The summed E-state index contributed by atoms with van der Waals surface area (Å²) in [5.41, 5.74) is -6.64. The Kier molecular flexibility index (Phi) is 6.87. The van der Waals surface area contributed by atoms with E-state index in [4.69, 9.17) is 4.74 Å². The van der Waals surface area contributed by atoms with Crippen LogP contribution in [0.2, 0.25) is 0 Å². The van der Waals surface area contributed by atoms with Gasteiger partial charge in [0.05, 0.1) is 5.41 Å². The smallest absolute Gasteiger partial charge is 0.209 e. The second-order valence-corrected chi connectivity index (χ2v) is 10.0. The van der Waals surface area contributed by atoms with Crippen molar-refractivity contribution in [3.63, 3.8) is 0 Å². The van der Waals surface area contributed by atoms with Gasteiger partial charge in [-0.1, -0.05) is 36.5 Å². The first-order valence-corrected chi connectivity index (χ1v) is 11.7. The number of hydrogen-bond donors (Lipinski definition) is 5. The Hall–Kier alpha value is -3.20. The summed E-state index contributed by atoms with van der Waals surface area (Å²) in [6, 6.07) is 0. The van der Waals surface area contributed by atoms with Crippen LogP contribution in [-0.4, -0.2) is 54.1 Å². The summed E-state index contributed by atoms with van der Waals surface area (Å²) in [7, 11) is 0. The molecule has 8 heteroatoms. The fraction of sp³-hybridized carbons (Fsp3) is 0.429. The van der Waals surface area contributed by atoms with E-state index in [1.54, 1.807) is 38.2 Å². The van der Waals surface area contributed by atoms with Crippen molar-refractivity contribution in [1.82, 2.24) is 0 Å². The number of Topliss-reactive ketones (excluding diaryl/α,β-unsaturated/α-hetero) is 2. The topological polar surface area (TPSA) is 145 Å². The molecule has 0 aromatic heterocycles. The van der Waals surface area contributed by atoms with Crippen LogP contribution in [0.4, 0.5) is 0 Å². The molecule has 5 N–H and O–H groups in total. The Morgan fingerprint density at radius 2 is 1.44 bits per heavy atom. The lowest BCUT2D eigenvalue weighted by molar-refractivity contribution is -0.326. The van der Waals surface area contributed by atoms with Gasteiger partial charge >= 0.3 is 0 Å². The fourth-order valence-electron chi connectivity index (χ4n) is 5.77. The van der Waals surface area contributed by atoms with Crippen molar-refractivity contribution < 1.29 is 39.9 Å². The molecule has 0 unspecified atom stereocenters. The summed E-state index contributed by atoms with van der Waals surface area (Å²) in [4.78, 5) is 27.5. The molecule has 1 aliphatic heterocycles. The summed E-state index contributed by atoms with van der Waals surface area (Å²) in [5.74, 6) is -6.90. The van der Waals surface area contributed by atoms with Crippen LogP contribution >= 0.6 is 0 Å². The molecule has 1 heterocycles. The van der Waals surface area contributed by atoms with Crippen LogP contribution in [0.1, 0.15) is 48.0 Å². The molecule has 3 rings (SSSR count). The number of aliphatic hydroxyl groups is 5. The average Bonchev–Trinajstić information content (AvgIpc) is 3.01. The molecule has 0 aromatic rings. The van der Waals surface area contributed by atoms with Gasteiger partial charge in [0.2, 0.25) is 5.79 Å². The van der Waals surface area contributed by atoms with Crippen LogP contribution in [0, 0.1) is 11.3 Å². The molecule has 3 aliphatic rings. The van der Waals surface area contributed by atoms with Crippen molar-refractivity contribution in [1.29, 1.82) is 0 Å². The number of hydrogen-bond acceptors (Lipinski definition) is 8. The van der Waals surface area contributed by atoms with Crippen LogP contribution in [0.15, 0.2) is 82.6 Å². The van der Waals surface area contributed by atoms with Gasteiger partial charge in [0.1, 0.15) is 28.5 Å². The standard InChI is InChI=1S/C28H34O8/c1-7-9-11-13-18(29)17-15-25(4,34)28(35)26(5,24(17)33)22-20(19(30)14-12-10-8-2)21(31)16(3)23(32)27(22,6)36-28/h7-14,22,29-31,34-35H,15H2,1-6H3/t22-,25+,26-,27+,28-/m1/s1. The molecular weight excluding hydrogens is 464 g/mol. The number of allylic oxidation sites excluding steroid dienone is 9. The van der Waals surface area contributed by atoms with Crippen LogP contribution in [-0.2, 0) is 14.3 Å². The highest BCUT2D eigenvalue weighted by Crippen LogP contribution is 2.67. The van der Waals surface area contributed by atoms with E-state index in [0.717, 1.165) is 0 Å². The molecule has 36 heavy (non-hydrogen) atoms. The normalized spacial score (nSPS) is 40.2. The first kappa shape index (κ1) is 27.4. The van der Waals surface area contributed by atoms with Gasteiger partial charge in [-0.05, 0) is 53.7 Å². The zero-order valence-electron chi connectivity index (χ0n) is 21.4. The van der Waals surface area contributed by atoms with Crippen molar-refractivity contribution in [2.75, 3.05) is 0 Å². The molecule has 0 bridgehead atoms. The molecule has 8 nitrogen and oxygen atoms in total. The summed E-state index contributed by atoms with van der Waals surface area (Å²) in [5, 5.41) is 56.1. The highest BCUT2D eigenvalue weighted by atomic mass is 16.7. The quantitative estimate of drug-likeness (QED) is 0.221. The molecule has 0 radical (unpaired) electrons. The number of rotatable bonds is 4. The second-order valence-electron chi connectivity index (χ2n) is 10.0. The summed E-state index contributed by atoms with van der Waals surface area (Å²) in [6.45, 7) is 8.82. The first-order chi connectivity index (χ1) is 16.7. The van der Waals surface area contributed by atoms with Gasteiger partial charge in [0, 0.05) is 29.1 Å². The Balaban J connectivity index is 2.41. The molecular formula is C28H34O8. The van der Waals surface area contributed by atoms with Crippen molar-refractivity contribution in [3.05, 3.63) is 82.6 Å². The SMILES string of the molecule is CC=CC=CC(O)=C1C[C@](C)(O)[C@@]2(O)O[C@]3(C)C(=O)C(C)=C(O)C(=C(O)C=CC=CC)[C@@H]3[C@]2(C)C1=O. The summed E-state index contributed by atoms with van der Waals surface area (Å²) >= 11 is 0. The molecule has 0 spiro atoms. The number of aliphatic hydroxyl groups excluding tert-OH is 3. The lowest BCUT2D eigenvalue weighted by Gasteiger charge is -2.51. The maximum absolute atomic E-state index is 14.1. The Labute approximate surface area is 210 Å². The van der Waals surface area contributed by atoms with Crippen molar-refractivity contribution in [3.8, 4) is 0 Å². The van der Waals surface area contributed by atoms with Crippen molar-refractivity contribution in [2.24, 2.45) is 11.3 Å². The van der Waals surface area contributed by atoms with Gasteiger partial charge in [-0.15, -0.1) is 0 Å². The maximum Gasteiger partial charge on any atom is 0.209 e. The minimum atomic E-state index is -2.60. The molecule has 2 fully saturated rings. The maximum atomic E-state index is 14.1. The zero-order valence-corrected chi connectivity index (χ0v) is 21.4. The van der Waals surface area contributed by atoms with E-state index in [0.29, 0.717) is 0 Å². The molecule has 1 saturated carbocycles. The third-order valence-electron chi connectivity index (χ3n) is 7.58. The summed E-state index contributed by atoms with van der Waals surface area (Å²) < 4.78 is 5.97. The van der Waals surface area contributed by atoms with Crippen molar-refractivity contribution >= 4 is 11.6 Å². The highest BCUT2D eigenvalue weighted by Gasteiger charge is 2.81. The molecule has 5 atom stereocenters. The number of carbonyl (C=O) groups excluding carboxylic acids is 2. The van der Waals surface area contributed by atoms with E-state index in [1.807, 2.05) is 0 Å². The summed E-state index contributed by atoms with van der Waals surface area (Å²) in [6.07, 6.45) is 11.8. The first-order valence-electron chi connectivity index (χ1n) is 11.7. The predicted molar refractivity (Wildman–Crippen MR) is 134 cm³/mol. The lowest BCUT2D eigenvalue weighted by Crippen LogP contribution is -2.68. The van der Waals surface area contributed by atoms with E-state index in [2.05, 4.69) is 0 Å². The van der Waals surface area contributed by atoms with Gasteiger partial charge < -0.3 is 30.3 Å². The lowest BCUT2D eigenvalue weighted by atomic mass is 9.52. The Morgan fingerprint density at radius 3 is 1.97 bits per heavy atom. The van der Waals surface area contributed by atoms with Gasteiger partial charge in [0.15, 0.2) is 11.6 Å². The van der Waals surface area contributed by atoms with E-state index < -0.39 is 63.6 Å². The Morgan fingerprint density at radius 1 is 0.917 bits per heavy atom. The van der Waals surface area contributed by atoms with Crippen LogP contribution in [0.25, 0.3) is 0 Å². The number of ketones is 2. The second kappa shape index (κ2) is 9.03. The van der Waals surface area contributed by atoms with E-state index in [9.17, 15) is 35.1 Å². The zero-order chi connectivity index (χ0) is 27.3. The predicted octanol–water partition coefficient (Wildman–Crippen LogP) is 4.11. The average molecular weight is 499 g/mol. The van der Waals surface area contributed by atoms with Gasteiger partial charge in [-0.25, -0.2) is 0 Å². The van der Waals surface area contributed by atoms with Gasteiger partial charge in [0.25, 0.3) is 0 Å². The minimum absolute atomic E-state index is 0.124. The third kappa shape index (κ3) is 3.55. The van der Waals surface area contributed by atoms with Crippen molar-refractivity contribution in [2.45, 2.75) is 65.0 Å². The molecule has 194 valence electrons. The number of fused-ring (bicyclic) bond motifs is 3. The van der Waals surface area contributed by atoms with Crippen LogP contribution in [0.5, 0.6) is 0 Å². The van der Waals surface area contributed by atoms with Crippen LogP contribution in [0.3, 0.4) is 0 Å². The number of ether oxygens (including phenoxy) is 1. The highest BCUT2D eigenvalue weighted by molar-refractivity contribution is 6.09. The van der Waals surface area contributed by atoms with E-state index >= 15 is 0 Å². The number of carbonyl (C=O) groups is 2. The molecule has 0 aromatic carbocycles. The third-order valence-corrected chi connectivity index (χ3v) is 7.58. The molecule has 0 amide bonds. The van der Waals surface area contributed by atoms with Crippen LogP contribution < -0.4 is 0 Å². The molecule has 2 aliphatic carbocycles. The van der Waals surface area contributed by atoms with E-state index in [-0.39, 0.29) is 16.7 Å². The largest absolute Gasteiger partial charge is 0.508 e.